The topological polar surface area (TPSA) is 51.1 Å². The van der Waals surface area contributed by atoms with Crippen molar-refractivity contribution in [2.45, 2.75) is 6.61 Å². The molecule has 0 aromatic heterocycles. The zero-order valence-corrected chi connectivity index (χ0v) is 27.2. The van der Waals surface area contributed by atoms with Crippen LogP contribution in [0.4, 0.5) is 11.4 Å². The minimum atomic E-state index is -0.211. The van der Waals surface area contributed by atoms with E-state index in [1.54, 1.807) is 72.7 Å². The van der Waals surface area contributed by atoms with E-state index in [4.69, 9.17) is 60.9 Å². The predicted octanol–water partition coefficient (Wildman–Crippen LogP) is 10.3. The van der Waals surface area contributed by atoms with Crippen LogP contribution < -0.4 is 14.4 Å². The lowest BCUT2D eigenvalue weighted by Crippen LogP contribution is -2.28. The third-order valence-electron chi connectivity index (χ3n) is 5.88. The molecule has 0 unspecified atom stereocenters. The van der Waals surface area contributed by atoms with E-state index in [2.05, 4.69) is 22.6 Å². The molecule has 0 spiro atoms. The summed E-state index contributed by atoms with van der Waals surface area (Å²) in [4.78, 5) is 20.5. The number of aliphatic imine (C=N–C) groups is 1. The van der Waals surface area contributed by atoms with Crippen LogP contribution in [0.15, 0.2) is 88.8 Å². The van der Waals surface area contributed by atoms with E-state index in [1.165, 1.54) is 11.8 Å². The molecule has 0 aliphatic carbocycles. The fourth-order valence-electron chi connectivity index (χ4n) is 3.90. The predicted molar refractivity (Wildman–Crippen MR) is 180 cm³/mol. The summed E-state index contributed by atoms with van der Waals surface area (Å²) in [5.74, 6) is 0.880. The Kier molecular flexibility index (Phi) is 9.74. The SMILES string of the molecule is COc1cc(/C=C2\SC(=Nc3ccc(Cl)cc3)N(c3ccc(Cl)cc3)C2=O)cc(I)c1OCc1ccc(Cl)cc1Cl. The van der Waals surface area contributed by atoms with Gasteiger partial charge < -0.3 is 9.47 Å². The van der Waals surface area contributed by atoms with Gasteiger partial charge in [-0.1, -0.05) is 52.5 Å². The van der Waals surface area contributed by atoms with Gasteiger partial charge in [-0.3, -0.25) is 9.69 Å². The van der Waals surface area contributed by atoms with Gasteiger partial charge in [0.1, 0.15) is 6.61 Å². The molecule has 1 saturated heterocycles. The standard InChI is InChI=1S/C30H19Cl4IN2O3S/c1-39-26-13-17(12-25(35)28(26)40-16-18-2-3-21(33)15-24(18)34)14-27-29(38)37(23-10-6-20(32)7-11-23)30(41-27)36-22-8-4-19(31)5-9-22/h2-15H,16H2,1H3/b27-14-,36-30?. The number of rotatable bonds is 7. The first-order valence-corrected chi connectivity index (χ1v) is 15.4. The van der Waals surface area contributed by atoms with Crippen LogP contribution in [0.5, 0.6) is 11.5 Å². The maximum absolute atomic E-state index is 13.7. The lowest BCUT2D eigenvalue weighted by Gasteiger charge is -2.16. The number of ether oxygens (including phenoxy) is 2. The second kappa shape index (κ2) is 13.3. The number of amidine groups is 1. The Morgan fingerprint density at radius 2 is 1.56 bits per heavy atom. The molecule has 11 heteroatoms. The fraction of sp³-hybridized carbons (Fsp3) is 0.0667. The number of anilines is 1. The average molecular weight is 756 g/mol. The summed E-state index contributed by atoms with van der Waals surface area (Å²) in [5, 5.41) is 2.76. The van der Waals surface area contributed by atoms with Gasteiger partial charge >= 0.3 is 0 Å². The van der Waals surface area contributed by atoms with Crippen LogP contribution in [0.1, 0.15) is 11.1 Å². The smallest absolute Gasteiger partial charge is 0.271 e. The first kappa shape index (κ1) is 30.1. The summed E-state index contributed by atoms with van der Waals surface area (Å²) in [7, 11) is 1.57. The second-order valence-corrected chi connectivity index (χ2v) is 12.5. The molecular weight excluding hydrogens is 737 g/mol. The van der Waals surface area contributed by atoms with Crippen LogP contribution >= 0.6 is 80.8 Å². The molecule has 1 amide bonds. The van der Waals surface area contributed by atoms with Crippen molar-refractivity contribution in [2.75, 3.05) is 12.0 Å². The molecule has 1 fully saturated rings. The van der Waals surface area contributed by atoms with Crippen molar-refractivity contribution in [3.63, 3.8) is 0 Å². The van der Waals surface area contributed by atoms with Crippen LogP contribution in [0.25, 0.3) is 6.08 Å². The quantitative estimate of drug-likeness (QED) is 0.139. The van der Waals surface area contributed by atoms with Crippen molar-refractivity contribution in [1.29, 1.82) is 0 Å². The molecule has 41 heavy (non-hydrogen) atoms. The van der Waals surface area contributed by atoms with Crippen molar-refractivity contribution in [2.24, 2.45) is 4.99 Å². The zero-order valence-electron chi connectivity index (χ0n) is 21.2. The minimum absolute atomic E-state index is 0.211. The van der Waals surface area contributed by atoms with Crippen molar-refractivity contribution < 1.29 is 14.3 Å². The number of nitrogens with zero attached hydrogens (tertiary/aromatic N) is 2. The highest BCUT2D eigenvalue weighted by atomic mass is 127. The normalized spacial score (nSPS) is 15.2. The molecule has 0 saturated carbocycles. The number of carbonyl (C=O) groups excluding carboxylic acids is 1. The van der Waals surface area contributed by atoms with E-state index in [9.17, 15) is 4.79 Å². The van der Waals surface area contributed by atoms with Crippen molar-refractivity contribution in [1.82, 2.24) is 0 Å². The number of hydrogen-bond acceptors (Lipinski definition) is 5. The van der Waals surface area contributed by atoms with Crippen molar-refractivity contribution in [3.8, 4) is 11.5 Å². The highest BCUT2D eigenvalue weighted by Gasteiger charge is 2.35. The molecular formula is C30H19Cl4IN2O3S. The van der Waals surface area contributed by atoms with Crippen LogP contribution in [0, 0.1) is 3.57 Å². The molecule has 208 valence electrons. The average Bonchev–Trinajstić information content (AvgIpc) is 3.24. The number of benzene rings is 4. The Morgan fingerprint density at radius 1 is 0.902 bits per heavy atom. The largest absolute Gasteiger partial charge is 0.493 e. The molecule has 0 N–H and O–H groups in total. The molecule has 4 aromatic carbocycles. The van der Waals surface area contributed by atoms with Gasteiger partial charge in [0.2, 0.25) is 0 Å². The lowest BCUT2D eigenvalue weighted by atomic mass is 10.1. The molecule has 0 atom stereocenters. The number of halogens is 5. The first-order chi connectivity index (χ1) is 19.7. The highest BCUT2D eigenvalue weighted by molar-refractivity contribution is 14.1. The van der Waals surface area contributed by atoms with Gasteiger partial charge in [-0.15, -0.1) is 0 Å². The molecule has 5 nitrogen and oxygen atoms in total. The maximum Gasteiger partial charge on any atom is 0.271 e. The molecule has 1 aliphatic rings. The molecule has 5 rings (SSSR count). The highest BCUT2D eigenvalue weighted by Crippen LogP contribution is 2.40. The van der Waals surface area contributed by atoms with Crippen LogP contribution in [-0.4, -0.2) is 18.2 Å². The van der Waals surface area contributed by atoms with E-state index < -0.39 is 0 Å². The number of carbonyl (C=O) groups is 1. The van der Waals surface area contributed by atoms with Crippen LogP contribution in [0.2, 0.25) is 20.1 Å². The summed E-state index contributed by atoms with van der Waals surface area (Å²) in [6, 6.07) is 23.1. The lowest BCUT2D eigenvalue weighted by molar-refractivity contribution is -0.113. The molecule has 1 heterocycles. The van der Waals surface area contributed by atoms with Gasteiger partial charge in [0.05, 0.1) is 27.0 Å². The Hall–Kier alpha value is -2.40. The van der Waals surface area contributed by atoms with Gasteiger partial charge in [0, 0.05) is 25.7 Å². The number of amides is 1. The summed E-state index contributed by atoms with van der Waals surface area (Å²) in [6.45, 7) is 0.234. The van der Waals surface area contributed by atoms with E-state index in [0.717, 1.165) is 14.7 Å². The summed E-state index contributed by atoms with van der Waals surface area (Å²) < 4.78 is 12.5. The maximum atomic E-state index is 13.7. The van der Waals surface area contributed by atoms with Crippen LogP contribution in [0.3, 0.4) is 0 Å². The van der Waals surface area contributed by atoms with Gasteiger partial charge in [0.15, 0.2) is 16.7 Å². The Morgan fingerprint density at radius 3 is 2.22 bits per heavy atom. The van der Waals surface area contributed by atoms with E-state index >= 15 is 0 Å². The Bertz CT molecular complexity index is 1680. The molecule has 1 aliphatic heterocycles. The minimum Gasteiger partial charge on any atom is -0.493 e. The molecule has 0 bridgehead atoms. The van der Waals surface area contributed by atoms with Crippen LogP contribution in [-0.2, 0) is 11.4 Å². The Labute approximate surface area is 275 Å². The van der Waals surface area contributed by atoms with Crippen molar-refractivity contribution in [3.05, 3.63) is 119 Å². The summed E-state index contributed by atoms with van der Waals surface area (Å²) in [5.41, 5.74) is 2.88. The van der Waals surface area contributed by atoms with E-state index in [1.807, 2.05) is 24.3 Å². The monoisotopic (exact) mass is 754 g/mol. The fourth-order valence-corrected chi connectivity index (χ4v) is 6.39. The van der Waals surface area contributed by atoms with Gasteiger partial charge in [-0.25, -0.2) is 4.99 Å². The third kappa shape index (κ3) is 7.16. The number of methoxy groups -OCH3 is 1. The van der Waals surface area contributed by atoms with Gasteiger partial charge in [-0.2, -0.15) is 0 Å². The summed E-state index contributed by atoms with van der Waals surface area (Å²) in [6.07, 6.45) is 1.81. The van der Waals surface area contributed by atoms with E-state index in [0.29, 0.717) is 53.0 Å². The Balaban J connectivity index is 1.47. The van der Waals surface area contributed by atoms with Gasteiger partial charge in [-0.05, 0) is 119 Å². The van der Waals surface area contributed by atoms with Gasteiger partial charge in [0.25, 0.3) is 5.91 Å². The zero-order chi connectivity index (χ0) is 29.1. The third-order valence-corrected chi connectivity index (χ3v) is 8.74. The summed E-state index contributed by atoms with van der Waals surface area (Å²) >= 11 is 27.9. The molecule has 0 radical (unpaired) electrons. The number of hydrogen-bond donors (Lipinski definition) is 0. The van der Waals surface area contributed by atoms with Crippen molar-refractivity contribution >= 4 is 109 Å². The second-order valence-electron chi connectivity index (χ2n) is 8.66. The van der Waals surface area contributed by atoms with E-state index in [-0.39, 0.29) is 12.5 Å². The first-order valence-electron chi connectivity index (χ1n) is 12.0. The number of thioether (sulfide) groups is 1. The molecule has 4 aromatic rings.